The van der Waals surface area contributed by atoms with Crippen LogP contribution in [0.15, 0.2) is 65.5 Å². The van der Waals surface area contributed by atoms with E-state index >= 15 is 0 Å². The number of hydrogen-bond donors (Lipinski definition) is 2. The minimum absolute atomic E-state index is 0.0569. The highest BCUT2D eigenvalue weighted by atomic mass is 16.5. The molecule has 0 radical (unpaired) electrons. The Morgan fingerprint density at radius 3 is 2.64 bits per heavy atom. The van der Waals surface area contributed by atoms with Crippen molar-refractivity contribution < 1.29 is 14.3 Å². The van der Waals surface area contributed by atoms with E-state index in [1.54, 1.807) is 31.2 Å². The molecule has 1 aromatic heterocycles. The number of nitrogens with two attached hydrogens (primary N) is 1. The minimum Gasteiger partial charge on any atom is -0.450 e. The normalized spacial score (nSPS) is 10.6. The Labute approximate surface area is 192 Å². The Morgan fingerprint density at radius 1 is 1.06 bits per heavy atom. The quantitative estimate of drug-likeness (QED) is 0.491. The van der Waals surface area contributed by atoms with Gasteiger partial charge in [0, 0.05) is 23.7 Å². The molecule has 1 heterocycles. The summed E-state index contributed by atoms with van der Waals surface area (Å²) >= 11 is 0. The molecule has 172 valence electrons. The van der Waals surface area contributed by atoms with Gasteiger partial charge in [0.25, 0.3) is 5.56 Å². The van der Waals surface area contributed by atoms with Gasteiger partial charge in [0.2, 0.25) is 0 Å². The second kappa shape index (κ2) is 11.7. The molecule has 3 rings (SSSR count). The van der Waals surface area contributed by atoms with E-state index < -0.39 is 6.09 Å². The zero-order valence-electron chi connectivity index (χ0n) is 18.6. The van der Waals surface area contributed by atoms with Crippen LogP contribution in [0.3, 0.4) is 0 Å². The van der Waals surface area contributed by atoms with E-state index in [9.17, 15) is 14.4 Å². The van der Waals surface area contributed by atoms with Gasteiger partial charge in [-0.25, -0.2) is 9.48 Å². The number of benzene rings is 2. The summed E-state index contributed by atoms with van der Waals surface area (Å²) in [5.74, 6) is 0.0569. The van der Waals surface area contributed by atoms with Crippen LogP contribution < -0.4 is 16.6 Å². The first-order valence-corrected chi connectivity index (χ1v) is 10.9. The molecular weight excluding hydrogens is 420 g/mol. The van der Waals surface area contributed by atoms with Crippen molar-refractivity contribution in [2.75, 3.05) is 18.5 Å². The number of nitrogens with one attached hydrogen (secondary N) is 1. The van der Waals surface area contributed by atoms with Crippen LogP contribution in [0.2, 0.25) is 0 Å². The molecule has 0 unspecified atom stereocenters. The smallest absolute Gasteiger partial charge is 0.411 e. The summed E-state index contributed by atoms with van der Waals surface area (Å²) in [6, 6.07) is 18.3. The lowest BCUT2D eigenvalue weighted by Crippen LogP contribution is -2.23. The van der Waals surface area contributed by atoms with Gasteiger partial charge in [-0.3, -0.25) is 14.9 Å². The van der Waals surface area contributed by atoms with Gasteiger partial charge < -0.3 is 10.5 Å². The maximum Gasteiger partial charge on any atom is 0.411 e. The fourth-order valence-corrected chi connectivity index (χ4v) is 3.40. The molecule has 33 heavy (non-hydrogen) atoms. The number of hydrogen-bond acceptors (Lipinski definition) is 6. The number of carbonyl (C=O) groups excluding carboxylic acids is 2. The minimum atomic E-state index is -0.529. The van der Waals surface area contributed by atoms with E-state index in [4.69, 9.17) is 10.5 Å². The number of rotatable bonds is 10. The predicted molar refractivity (Wildman–Crippen MR) is 127 cm³/mol. The van der Waals surface area contributed by atoms with Crippen molar-refractivity contribution in [1.29, 1.82) is 0 Å². The third-order valence-corrected chi connectivity index (χ3v) is 5.02. The highest BCUT2D eigenvalue weighted by Gasteiger charge is 2.08. The number of aryl methyl sites for hydroxylation is 1. The molecule has 1 amide bonds. The lowest BCUT2D eigenvalue weighted by Gasteiger charge is -2.10. The topological polar surface area (TPSA) is 116 Å². The van der Waals surface area contributed by atoms with Crippen molar-refractivity contribution in [3.8, 4) is 11.3 Å². The molecular formula is C25H28N4O4. The number of Topliss-reactive ketones (excluding diaryl/α,β-unsaturated/α-hetero) is 1. The Morgan fingerprint density at radius 2 is 1.85 bits per heavy atom. The number of nitrogens with zero attached hydrogens (tertiary/aromatic N) is 2. The largest absolute Gasteiger partial charge is 0.450 e. The summed E-state index contributed by atoms with van der Waals surface area (Å²) in [7, 11) is 0. The molecule has 3 aromatic rings. The van der Waals surface area contributed by atoms with Gasteiger partial charge in [-0.15, -0.1) is 0 Å². The van der Waals surface area contributed by atoms with Gasteiger partial charge >= 0.3 is 6.09 Å². The molecule has 8 heteroatoms. The molecule has 8 nitrogen and oxygen atoms in total. The molecule has 3 N–H and O–H groups in total. The molecule has 0 bridgehead atoms. The molecule has 0 aliphatic heterocycles. The lowest BCUT2D eigenvalue weighted by atomic mass is 10.0. The summed E-state index contributed by atoms with van der Waals surface area (Å²) in [5, 5.41) is 7.20. The summed E-state index contributed by atoms with van der Waals surface area (Å²) in [6.45, 7) is 2.35. The van der Waals surface area contributed by atoms with E-state index in [1.165, 1.54) is 10.7 Å². The van der Waals surface area contributed by atoms with Crippen LogP contribution in [0, 0.1) is 0 Å². The van der Waals surface area contributed by atoms with Crippen LogP contribution in [0.1, 0.15) is 30.9 Å². The number of ether oxygens (including phenoxy) is 1. The van der Waals surface area contributed by atoms with Crippen LogP contribution in [-0.4, -0.2) is 34.8 Å². The number of aromatic nitrogens is 2. The van der Waals surface area contributed by atoms with Crippen LogP contribution in [0.25, 0.3) is 11.3 Å². The molecule has 0 aliphatic carbocycles. The maximum atomic E-state index is 12.4. The number of carbonyl (C=O) groups is 2. The Kier molecular flexibility index (Phi) is 8.49. The lowest BCUT2D eigenvalue weighted by molar-refractivity contribution is -0.117. The zero-order chi connectivity index (χ0) is 23.6. The van der Waals surface area contributed by atoms with Crippen LogP contribution >= 0.6 is 0 Å². The summed E-state index contributed by atoms with van der Waals surface area (Å²) < 4.78 is 6.29. The fourth-order valence-electron chi connectivity index (χ4n) is 3.40. The van der Waals surface area contributed by atoms with Gasteiger partial charge in [0.1, 0.15) is 5.78 Å². The van der Waals surface area contributed by atoms with E-state index in [-0.39, 0.29) is 31.0 Å². The third-order valence-electron chi connectivity index (χ3n) is 5.02. The van der Waals surface area contributed by atoms with Gasteiger partial charge in [-0.05, 0) is 55.2 Å². The predicted octanol–water partition coefficient (Wildman–Crippen LogP) is 3.38. The Balaban J connectivity index is 1.75. The van der Waals surface area contributed by atoms with E-state index in [1.807, 2.05) is 30.3 Å². The first-order valence-electron chi connectivity index (χ1n) is 10.9. The molecule has 0 fully saturated rings. The average Bonchev–Trinajstić information content (AvgIpc) is 2.81. The Bertz CT molecular complexity index is 1170. The highest BCUT2D eigenvalue weighted by Crippen LogP contribution is 2.19. The standard InChI is InChI=1S/C25H28N4O4/c1-2-33-25(32)27-21-10-4-8-19(15-21)17-29-24(31)13-12-23(28-29)20-9-3-6-18(14-20)7-5-11-22(30)16-26/h3-4,6,8-10,12-15H,2,5,7,11,16-17,26H2,1H3,(H,27,32). The molecule has 0 saturated heterocycles. The summed E-state index contributed by atoms with van der Waals surface area (Å²) in [4.78, 5) is 35.5. The Hall–Kier alpha value is -3.78. The number of amides is 1. The number of ketones is 1. The van der Waals surface area contributed by atoms with Gasteiger partial charge in [0.15, 0.2) is 0 Å². The molecule has 0 saturated carbocycles. The highest BCUT2D eigenvalue weighted by molar-refractivity contribution is 5.84. The first kappa shape index (κ1) is 23.9. The van der Waals surface area contributed by atoms with Crippen molar-refractivity contribution in [2.45, 2.75) is 32.7 Å². The molecule has 0 spiro atoms. The second-order valence-corrected chi connectivity index (χ2v) is 7.56. The van der Waals surface area contributed by atoms with Crippen molar-refractivity contribution in [3.05, 3.63) is 82.1 Å². The third kappa shape index (κ3) is 7.11. The van der Waals surface area contributed by atoms with E-state index in [0.29, 0.717) is 17.8 Å². The molecule has 0 atom stereocenters. The maximum absolute atomic E-state index is 12.4. The van der Waals surface area contributed by atoms with Gasteiger partial charge in [-0.2, -0.15) is 5.10 Å². The van der Waals surface area contributed by atoms with Gasteiger partial charge in [-0.1, -0.05) is 30.3 Å². The van der Waals surface area contributed by atoms with Crippen molar-refractivity contribution in [1.82, 2.24) is 9.78 Å². The molecule has 0 aliphatic rings. The van der Waals surface area contributed by atoms with Crippen LogP contribution in [-0.2, 0) is 22.5 Å². The van der Waals surface area contributed by atoms with Crippen LogP contribution in [0.5, 0.6) is 0 Å². The zero-order valence-corrected chi connectivity index (χ0v) is 18.6. The van der Waals surface area contributed by atoms with Crippen LogP contribution in [0.4, 0.5) is 10.5 Å². The number of anilines is 1. The van der Waals surface area contributed by atoms with Crippen molar-refractivity contribution >= 4 is 17.6 Å². The second-order valence-electron chi connectivity index (χ2n) is 7.56. The summed E-state index contributed by atoms with van der Waals surface area (Å²) in [6.07, 6.45) is 1.44. The fraction of sp³-hybridized carbons (Fsp3) is 0.280. The first-order chi connectivity index (χ1) is 16.0. The van der Waals surface area contributed by atoms with Crippen molar-refractivity contribution in [2.24, 2.45) is 5.73 Å². The molecule has 2 aromatic carbocycles. The average molecular weight is 449 g/mol. The SMILES string of the molecule is CCOC(=O)Nc1cccc(Cn2nc(-c3cccc(CCCC(=O)CN)c3)ccc2=O)c1. The van der Waals surface area contributed by atoms with E-state index in [2.05, 4.69) is 10.4 Å². The van der Waals surface area contributed by atoms with E-state index in [0.717, 1.165) is 29.5 Å². The monoisotopic (exact) mass is 448 g/mol. The van der Waals surface area contributed by atoms with Crippen molar-refractivity contribution in [3.63, 3.8) is 0 Å². The van der Waals surface area contributed by atoms with Gasteiger partial charge in [0.05, 0.1) is 25.4 Å². The summed E-state index contributed by atoms with van der Waals surface area (Å²) in [5.41, 5.74) is 9.20.